The second-order valence-electron chi connectivity index (χ2n) is 10.3. The number of piperazine rings is 1. The maximum absolute atomic E-state index is 16.1. The third-order valence-electron chi connectivity index (χ3n) is 7.31. The van der Waals surface area contributed by atoms with Crippen LogP contribution in [0.25, 0.3) is 38.9 Å². The maximum atomic E-state index is 16.1. The lowest BCUT2D eigenvalue weighted by atomic mass is 10.0. The van der Waals surface area contributed by atoms with E-state index in [1.165, 1.54) is 16.9 Å². The highest BCUT2D eigenvalue weighted by Gasteiger charge is 2.28. The molecule has 4 aromatic heterocycles. The third kappa shape index (κ3) is 4.17. The van der Waals surface area contributed by atoms with Crippen molar-refractivity contribution in [3.05, 3.63) is 75.4 Å². The van der Waals surface area contributed by atoms with Gasteiger partial charge in [0, 0.05) is 37.3 Å². The number of aromatic nitrogens is 4. The van der Waals surface area contributed by atoms with Crippen molar-refractivity contribution in [1.29, 1.82) is 0 Å². The first-order chi connectivity index (χ1) is 18.8. The van der Waals surface area contributed by atoms with Crippen LogP contribution in [0.1, 0.15) is 37.9 Å². The monoisotopic (exact) mass is 546 g/mol. The minimum Gasteiger partial charge on any atom is -0.464 e. The van der Waals surface area contributed by atoms with Gasteiger partial charge < -0.3 is 14.6 Å². The van der Waals surface area contributed by atoms with Crippen LogP contribution in [0.15, 0.2) is 52.0 Å². The van der Waals surface area contributed by atoms with Gasteiger partial charge in [0.05, 0.1) is 33.6 Å². The van der Waals surface area contributed by atoms with E-state index < -0.39 is 11.5 Å². The van der Waals surface area contributed by atoms with Crippen LogP contribution < -0.4 is 15.9 Å². The predicted octanol–water partition coefficient (Wildman–Crippen LogP) is 5.61. The smallest absolute Gasteiger partial charge is 0.355 e. The maximum Gasteiger partial charge on any atom is 0.355 e. The van der Waals surface area contributed by atoms with E-state index in [1.54, 1.807) is 24.4 Å². The van der Waals surface area contributed by atoms with Crippen molar-refractivity contribution in [2.75, 3.05) is 24.5 Å². The molecular weight excluding hydrogens is 519 g/mol. The zero-order valence-corrected chi connectivity index (χ0v) is 22.9. The fraction of sp³-hybridized carbons (Fsp3) is 0.310. The van der Waals surface area contributed by atoms with E-state index in [2.05, 4.69) is 15.3 Å². The molecule has 0 unspecified atom stereocenters. The summed E-state index contributed by atoms with van der Waals surface area (Å²) in [4.78, 5) is 29.9. The van der Waals surface area contributed by atoms with Crippen molar-refractivity contribution >= 4 is 39.4 Å². The molecule has 1 atom stereocenters. The van der Waals surface area contributed by atoms with Crippen LogP contribution in [0.2, 0.25) is 5.02 Å². The van der Waals surface area contributed by atoms with Gasteiger partial charge in [-0.3, -0.25) is 4.98 Å². The Kier molecular flexibility index (Phi) is 6.35. The Morgan fingerprint density at radius 2 is 2.03 bits per heavy atom. The number of benzene rings is 1. The van der Waals surface area contributed by atoms with Crippen LogP contribution in [0.3, 0.4) is 0 Å². The molecule has 0 spiro atoms. The van der Waals surface area contributed by atoms with E-state index in [0.717, 1.165) is 29.7 Å². The standard InChI is InChI=1S/C29H28ClFN6O2/c1-15(2)23-25(16(3)7-9-33-23)37-28-19(27(35-29(37)38)36-11-10-32-14-17(36)4)13-21(31)24(34-28)22-20(30)6-5-18-8-12-39-26(18)22/h5-9,12-13,15,17,32H,10-11,14H2,1-4H3/t17-/m0/s1. The second kappa shape index (κ2) is 9.73. The molecule has 1 saturated heterocycles. The largest absolute Gasteiger partial charge is 0.464 e. The minimum atomic E-state index is -0.587. The molecule has 10 heteroatoms. The second-order valence-corrected chi connectivity index (χ2v) is 10.7. The number of fused-ring (bicyclic) bond motifs is 2. The van der Waals surface area contributed by atoms with Crippen LogP contribution in [-0.4, -0.2) is 45.2 Å². The Morgan fingerprint density at radius 3 is 2.79 bits per heavy atom. The number of hydrogen-bond acceptors (Lipinski definition) is 7. The molecule has 0 bridgehead atoms. The lowest BCUT2D eigenvalue weighted by molar-refractivity contribution is 0.497. The molecule has 0 amide bonds. The number of furan rings is 1. The lowest BCUT2D eigenvalue weighted by Crippen LogP contribution is -2.50. The van der Waals surface area contributed by atoms with Gasteiger partial charge in [0.2, 0.25) is 0 Å². The molecule has 0 saturated carbocycles. The Morgan fingerprint density at radius 1 is 1.21 bits per heavy atom. The van der Waals surface area contributed by atoms with E-state index in [9.17, 15) is 4.79 Å². The van der Waals surface area contributed by atoms with Crippen molar-refractivity contribution in [3.63, 3.8) is 0 Å². The van der Waals surface area contributed by atoms with Gasteiger partial charge in [-0.15, -0.1) is 0 Å². The molecule has 6 rings (SSSR count). The van der Waals surface area contributed by atoms with E-state index in [0.29, 0.717) is 39.6 Å². The van der Waals surface area contributed by atoms with Gasteiger partial charge in [0.15, 0.2) is 11.5 Å². The number of halogens is 2. The molecule has 1 aromatic carbocycles. The topological polar surface area (TPSA) is 89.1 Å². The highest BCUT2D eigenvalue weighted by Crippen LogP contribution is 2.38. The van der Waals surface area contributed by atoms with Crippen LogP contribution in [0.4, 0.5) is 10.2 Å². The molecule has 5 aromatic rings. The van der Waals surface area contributed by atoms with E-state index in [1.807, 2.05) is 38.7 Å². The molecular formula is C29H28ClFN6O2. The Balaban J connectivity index is 1.75. The Bertz CT molecular complexity index is 1800. The lowest BCUT2D eigenvalue weighted by Gasteiger charge is -2.35. The number of pyridine rings is 2. The predicted molar refractivity (Wildman–Crippen MR) is 152 cm³/mol. The molecule has 39 heavy (non-hydrogen) atoms. The highest BCUT2D eigenvalue weighted by atomic mass is 35.5. The summed E-state index contributed by atoms with van der Waals surface area (Å²) in [6.07, 6.45) is 3.25. The summed E-state index contributed by atoms with van der Waals surface area (Å²) in [5, 5.41) is 4.84. The summed E-state index contributed by atoms with van der Waals surface area (Å²) in [5.74, 6) is -0.162. The SMILES string of the molecule is Cc1ccnc(C(C)C)c1-n1c(=O)nc(N2CCNC[C@@H]2C)c2cc(F)c(-c3c(Cl)ccc4ccoc34)nc21. The number of anilines is 1. The number of nitrogens with one attached hydrogen (secondary N) is 1. The number of rotatable bonds is 4. The molecule has 200 valence electrons. The van der Waals surface area contributed by atoms with Crippen LogP contribution in [0.5, 0.6) is 0 Å². The molecule has 8 nitrogen and oxygen atoms in total. The van der Waals surface area contributed by atoms with Crippen LogP contribution >= 0.6 is 11.6 Å². The summed E-state index contributed by atoms with van der Waals surface area (Å²) in [5.41, 5.74) is 2.69. The van der Waals surface area contributed by atoms with Gasteiger partial charge in [-0.1, -0.05) is 25.4 Å². The average molecular weight is 547 g/mol. The van der Waals surface area contributed by atoms with Crippen molar-refractivity contribution in [2.45, 2.75) is 39.7 Å². The summed E-state index contributed by atoms with van der Waals surface area (Å²) >= 11 is 6.60. The quantitative estimate of drug-likeness (QED) is 0.313. The fourth-order valence-corrected chi connectivity index (χ4v) is 5.61. The first kappa shape index (κ1) is 25.5. The van der Waals surface area contributed by atoms with Crippen molar-refractivity contribution in [3.8, 4) is 16.9 Å². The molecule has 1 aliphatic heterocycles. The van der Waals surface area contributed by atoms with E-state index in [4.69, 9.17) is 21.0 Å². The summed E-state index contributed by atoms with van der Waals surface area (Å²) < 4.78 is 23.2. The molecule has 0 aliphatic carbocycles. The highest BCUT2D eigenvalue weighted by molar-refractivity contribution is 6.34. The summed E-state index contributed by atoms with van der Waals surface area (Å²) in [6, 6.07) is 8.58. The van der Waals surface area contributed by atoms with Gasteiger partial charge in [-0.2, -0.15) is 4.98 Å². The van der Waals surface area contributed by atoms with Crippen LogP contribution in [0, 0.1) is 12.7 Å². The Hall–Kier alpha value is -3.82. The molecule has 1 N–H and O–H groups in total. The van der Waals surface area contributed by atoms with Gasteiger partial charge >= 0.3 is 5.69 Å². The van der Waals surface area contributed by atoms with Crippen LogP contribution in [-0.2, 0) is 0 Å². The van der Waals surface area contributed by atoms with Gasteiger partial charge in [0.1, 0.15) is 17.1 Å². The first-order valence-electron chi connectivity index (χ1n) is 13.0. The Labute approximate surface area is 229 Å². The van der Waals surface area contributed by atoms with Gasteiger partial charge in [-0.05, 0) is 55.7 Å². The molecule has 1 aliphatic rings. The number of hydrogen-bond donors (Lipinski definition) is 1. The van der Waals surface area contributed by atoms with E-state index >= 15 is 4.39 Å². The first-order valence-corrected chi connectivity index (χ1v) is 13.4. The van der Waals surface area contributed by atoms with Gasteiger partial charge in [0.25, 0.3) is 0 Å². The zero-order valence-electron chi connectivity index (χ0n) is 22.1. The zero-order chi connectivity index (χ0) is 27.4. The molecule has 1 fully saturated rings. The summed E-state index contributed by atoms with van der Waals surface area (Å²) in [7, 11) is 0. The van der Waals surface area contributed by atoms with Crippen molar-refractivity contribution < 1.29 is 8.81 Å². The average Bonchev–Trinajstić information content (AvgIpc) is 3.38. The van der Waals surface area contributed by atoms with Crippen molar-refractivity contribution in [2.24, 2.45) is 0 Å². The van der Waals surface area contributed by atoms with Gasteiger partial charge in [-0.25, -0.2) is 18.7 Å². The molecule has 0 radical (unpaired) electrons. The molecule has 5 heterocycles. The normalized spacial score (nSPS) is 16.1. The third-order valence-corrected chi connectivity index (χ3v) is 7.62. The van der Waals surface area contributed by atoms with E-state index in [-0.39, 0.29) is 23.3 Å². The summed E-state index contributed by atoms with van der Waals surface area (Å²) in [6.45, 7) is 10.0. The minimum absolute atomic E-state index is 0.000602. The van der Waals surface area contributed by atoms with Crippen molar-refractivity contribution in [1.82, 2.24) is 24.8 Å². The number of aryl methyl sites for hydroxylation is 1. The fourth-order valence-electron chi connectivity index (χ4n) is 5.37. The number of nitrogens with zero attached hydrogens (tertiary/aromatic N) is 5.